The Morgan fingerprint density at radius 2 is 1.67 bits per heavy atom. The highest BCUT2D eigenvalue weighted by Gasteiger charge is 2.67. The SMILES string of the molecule is Cc1c(CCB2O[C@@H]3C[C@@H]4C[C@@H](C4(C)C)[C@]3(C)O2)ccc(OC2CN(C(=O)C3C[C@@H]4C[C@@H]4C3)C2)c1C(=O)OC(C)(C)C.S.S.S. The summed E-state index contributed by atoms with van der Waals surface area (Å²) in [6.45, 7) is 15.8. The number of ether oxygens (including phenoxy) is 2. The van der Waals surface area contributed by atoms with E-state index >= 15 is 0 Å². The molecule has 1 aromatic carbocycles. The number of aryl methyl sites for hydroxylation is 1. The zero-order valence-corrected chi connectivity index (χ0v) is 31.0. The van der Waals surface area contributed by atoms with E-state index < -0.39 is 5.60 Å². The Morgan fingerprint density at radius 3 is 2.29 bits per heavy atom. The number of carbonyl (C=O) groups excluding carboxylic acids is 2. The molecule has 8 rings (SSSR count). The average Bonchev–Trinajstić information content (AvgIpc) is 3.31. The summed E-state index contributed by atoms with van der Waals surface area (Å²) in [4.78, 5) is 28.3. The Bertz CT molecular complexity index is 1290. The minimum Gasteiger partial charge on any atom is -0.486 e. The molecular weight excluding hydrogens is 625 g/mol. The minimum absolute atomic E-state index is 0. The van der Waals surface area contributed by atoms with Gasteiger partial charge in [-0.2, -0.15) is 40.5 Å². The summed E-state index contributed by atoms with van der Waals surface area (Å²) in [5.74, 6) is 3.50. The highest BCUT2D eigenvalue weighted by atomic mass is 32.1. The summed E-state index contributed by atoms with van der Waals surface area (Å²) in [6.07, 6.45) is 7.29. The molecular formula is C34H54BNO6S3. The van der Waals surface area contributed by atoms with E-state index in [1.807, 2.05) is 38.7 Å². The second-order valence-electron chi connectivity index (χ2n) is 16.1. The Balaban J connectivity index is 0.00000154. The van der Waals surface area contributed by atoms with Crippen molar-refractivity contribution in [3.63, 3.8) is 0 Å². The van der Waals surface area contributed by atoms with Gasteiger partial charge in [0, 0.05) is 5.92 Å². The number of amides is 1. The Labute approximate surface area is 291 Å². The molecule has 2 bridgehead atoms. The van der Waals surface area contributed by atoms with Crippen LogP contribution < -0.4 is 4.74 Å². The molecule has 2 aliphatic heterocycles. The molecule has 45 heavy (non-hydrogen) atoms. The van der Waals surface area contributed by atoms with Crippen LogP contribution in [0, 0.1) is 41.9 Å². The quantitative estimate of drug-likeness (QED) is 0.253. The van der Waals surface area contributed by atoms with E-state index in [0.717, 1.165) is 60.9 Å². The van der Waals surface area contributed by atoms with Gasteiger partial charge in [-0.05, 0) is 126 Å². The molecule has 1 aromatic rings. The lowest BCUT2D eigenvalue weighted by Gasteiger charge is -2.64. The van der Waals surface area contributed by atoms with Crippen LogP contribution in [0.15, 0.2) is 12.1 Å². The van der Waals surface area contributed by atoms with Crippen LogP contribution >= 0.6 is 40.5 Å². The number of esters is 1. The summed E-state index contributed by atoms with van der Waals surface area (Å²) in [6, 6.07) is 3.97. The van der Waals surface area contributed by atoms with Gasteiger partial charge in [0.15, 0.2) is 0 Å². The van der Waals surface area contributed by atoms with Crippen molar-refractivity contribution in [3.05, 3.63) is 28.8 Å². The maximum absolute atomic E-state index is 13.5. The number of benzene rings is 1. The first-order valence-electron chi connectivity index (χ1n) is 16.4. The minimum atomic E-state index is -0.621. The molecule has 7 fully saturated rings. The number of rotatable bonds is 7. The summed E-state index contributed by atoms with van der Waals surface area (Å²) in [5, 5.41) is 0. The van der Waals surface area contributed by atoms with Gasteiger partial charge in [-0.3, -0.25) is 4.79 Å². The topological polar surface area (TPSA) is 74.3 Å². The van der Waals surface area contributed by atoms with Gasteiger partial charge in [0.1, 0.15) is 23.0 Å². The van der Waals surface area contributed by atoms with Gasteiger partial charge in [-0.15, -0.1) is 0 Å². The first-order valence-corrected chi connectivity index (χ1v) is 16.4. The van der Waals surface area contributed by atoms with Crippen LogP contribution in [0.5, 0.6) is 5.75 Å². The largest absolute Gasteiger partial charge is 0.486 e. The number of nitrogens with zero attached hydrogens (tertiary/aromatic N) is 1. The van der Waals surface area contributed by atoms with Gasteiger partial charge >= 0.3 is 13.1 Å². The molecule has 0 N–H and O–H groups in total. The van der Waals surface area contributed by atoms with Gasteiger partial charge < -0.3 is 23.7 Å². The maximum atomic E-state index is 13.5. The molecule has 5 saturated carbocycles. The fourth-order valence-electron chi connectivity index (χ4n) is 9.08. The zero-order valence-electron chi connectivity index (χ0n) is 28.0. The molecule has 1 unspecified atom stereocenters. The standard InChI is InChI=1S/C34H48BNO6.3H2S/c1-19-20(10-11-35-41-28-16-24-15-27(33(24,5)6)34(28,7)42-35)8-9-26(29(19)31(38)40-32(2,3)4)39-25-17-36(18-25)30(37)23-13-21-12-22(21)14-23;;;/h8-9,21-25,27-28H,10-18H2,1-7H3;3*1H2/t21-,22+,23?,24-,27-,28+,34-;;;/m0.../s1. The molecule has 5 aliphatic carbocycles. The van der Waals surface area contributed by atoms with Crippen molar-refractivity contribution in [2.75, 3.05) is 13.1 Å². The lowest BCUT2D eigenvalue weighted by molar-refractivity contribution is -0.199. The molecule has 252 valence electrons. The van der Waals surface area contributed by atoms with Gasteiger partial charge in [0.25, 0.3) is 0 Å². The number of carbonyl (C=O) groups is 2. The van der Waals surface area contributed by atoms with Crippen LogP contribution in [0.3, 0.4) is 0 Å². The molecule has 11 heteroatoms. The van der Waals surface area contributed by atoms with Crippen molar-refractivity contribution in [1.29, 1.82) is 0 Å². The van der Waals surface area contributed by atoms with Crippen molar-refractivity contribution in [1.82, 2.24) is 4.90 Å². The Morgan fingerprint density at radius 1 is 1.00 bits per heavy atom. The second-order valence-corrected chi connectivity index (χ2v) is 16.1. The number of fused-ring (bicyclic) bond motifs is 1. The van der Waals surface area contributed by atoms with E-state index in [1.54, 1.807) is 0 Å². The van der Waals surface area contributed by atoms with Crippen LogP contribution in [-0.4, -0.2) is 60.4 Å². The normalized spacial score (nSPS) is 33.7. The smallest absolute Gasteiger partial charge is 0.457 e. The first kappa shape index (κ1) is 36.8. The van der Waals surface area contributed by atoms with Crippen LogP contribution in [0.4, 0.5) is 0 Å². The van der Waals surface area contributed by atoms with Crippen molar-refractivity contribution in [3.8, 4) is 5.75 Å². The second kappa shape index (κ2) is 12.8. The van der Waals surface area contributed by atoms with E-state index in [4.69, 9.17) is 18.8 Å². The monoisotopic (exact) mass is 679 g/mol. The van der Waals surface area contributed by atoms with E-state index in [0.29, 0.717) is 35.7 Å². The van der Waals surface area contributed by atoms with Gasteiger partial charge in [0.2, 0.25) is 5.91 Å². The van der Waals surface area contributed by atoms with Gasteiger partial charge in [-0.25, -0.2) is 4.79 Å². The van der Waals surface area contributed by atoms with Crippen molar-refractivity contribution < 1.29 is 28.4 Å². The highest BCUT2D eigenvalue weighted by molar-refractivity contribution is 7.59. The van der Waals surface area contributed by atoms with E-state index in [9.17, 15) is 9.59 Å². The van der Waals surface area contributed by atoms with Gasteiger partial charge in [0.05, 0.1) is 24.8 Å². The van der Waals surface area contributed by atoms with Crippen LogP contribution in [0.2, 0.25) is 6.32 Å². The molecule has 1 amide bonds. The molecule has 7 aliphatic rings. The fourth-order valence-corrected chi connectivity index (χ4v) is 9.08. The lowest BCUT2D eigenvalue weighted by atomic mass is 9.43. The third-order valence-corrected chi connectivity index (χ3v) is 11.8. The van der Waals surface area contributed by atoms with E-state index in [-0.39, 0.29) is 83.2 Å². The summed E-state index contributed by atoms with van der Waals surface area (Å²) in [5.41, 5.74) is 1.92. The number of hydrogen-bond acceptors (Lipinski definition) is 6. The predicted molar refractivity (Wildman–Crippen MR) is 191 cm³/mol. The predicted octanol–water partition coefficient (Wildman–Crippen LogP) is 6.20. The third kappa shape index (κ3) is 6.55. The Hall–Kier alpha value is -1.01. The summed E-state index contributed by atoms with van der Waals surface area (Å²) in [7, 11) is -0.236. The Kier molecular flexibility index (Phi) is 10.5. The number of hydrogen-bond donors (Lipinski definition) is 0. The lowest BCUT2D eigenvalue weighted by Crippen LogP contribution is -2.65. The average molecular weight is 680 g/mol. The summed E-state index contributed by atoms with van der Waals surface area (Å²) < 4.78 is 25.3. The first-order chi connectivity index (χ1) is 19.7. The van der Waals surface area contributed by atoms with Crippen LogP contribution in [0.1, 0.15) is 95.1 Å². The highest BCUT2D eigenvalue weighted by Crippen LogP contribution is 2.65. The van der Waals surface area contributed by atoms with E-state index in [1.165, 1.54) is 12.8 Å². The van der Waals surface area contributed by atoms with Crippen molar-refractivity contribution >= 4 is 59.5 Å². The van der Waals surface area contributed by atoms with Crippen molar-refractivity contribution in [2.45, 2.75) is 117 Å². The molecule has 7 nitrogen and oxygen atoms in total. The van der Waals surface area contributed by atoms with Gasteiger partial charge in [-0.1, -0.05) is 19.9 Å². The van der Waals surface area contributed by atoms with E-state index in [2.05, 4.69) is 26.8 Å². The molecule has 0 spiro atoms. The maximum Gasteiger partial charge on any atom is 0.457 e. The summed E-state index contributed by atoms with van der Waals surface area (Å²) >= 11 is 0. The molecule has 2 heterocycles. The molecule has 2 saturated heterocycles. The molecule has 7 atom stereocenters. The zero-order chi connectivity index (χ0) is 29.8. The van der Waals surface area contributed by atoms with Crippen LogP contribution in [-0.2, 0) is 25.3 Å². The van der Waals surface area contributed by atoms with Crippen molar-refractivity contribution in [2.24, 2.45) is 35.0 Å². The third-order valence-electron chi connectivity index (χ3n) is 11.8. The molecule has 0 aromatic heterocycles. The van der Waals surface area contributed by atoms with Crippen LogP contribution in [0.25, 0.3) is 0 Å². The molecule has 0 radical (unpaired) electrons. The number of likely N-dealkylation sites (tertiary alicyclic amines) is 1. The fraction of sp³-hybridized carbons (Fsp3) is 0.765.